The molecule has 0 saturated carbocycles. The van der Waals surface area contributed by atoms with Gasteiger partial charge in [0.25, 0.3) is 0 Å². The van der Waals surface area contributed by atoms with E-state index in [1.165, 1.54) is 0 Å². The highest BCUT2D eigenvalue weighted by molar-refractivity contribution is 6.35. The van der Waals surface area contributed by atoms with E-state index in [1.807, 2.05) is 20.8 Å². The number of alkyl halides is 3. The third kappa shape index (κ3) is 2.22. The third-order valence-corrected chi connectivity index (χ3v) is 3.58. The molecule has 7 heteroatoms. The van der Waals surface area contributed by atoms with E-state index >= 15 is 0 Å². The van der Waals surface area contributed by atoms with Gasteiger partial charge in [-0.3, -0.25) is 0 Å². The third-order valence-electron chi connectivity index (χ3n) is 3.17. The Hall–Kier alpha value is -1.43. The van der Waals surface area contributed by atoms with Crippen LogP contribution >= 0.6 is 11.6 Å². The number of anilines is 1. The van der Waals surface area contributed by atoms with Gasteiger partial charge in [-0.25, -0.2) is 4.98 Å². The summed E-state index contributed by atoms with van der Waals surface area (Å²) in [6.07, 6.45) is -4.55. The minimum Gasteiger partial charge on any atom is -0.396 e. The number of nitrogens with zero attached hydrogens (tertiary/aromatic N) is 2. The lowest BCUT2D eigenvalue weighted by Gasteiger charge is -2.13. The maximum atomic E-state index is 12.9. The van der Waals surface area contributed by atoms with Crippen LogP contribution in [0.4, 0.5) is 18.9 Å². The van der Waals surface area contributed by atoms with E-state index in [-0.39, 0.29) is 17.1 Å². The first-order valence-electron chi connectivity index (χ1n) is 6.23. The number of halogens is 4. The predicted octanol–water partition coefficient (Wildman–Crippen LogP) is 4.43. The Bertz CT molecular complexity index is 659. The van der Waals surface area contributed by atoms with Crippen molar-refractivity contribution < 1.29 is 13.2 Å². The van der Waals surface area contributed by atoms with Crippen LogP contribution in [0.1, 0.15) is 38.1 Å². The number of benzene rings is 1. The van der Waals surface area contributed by atoms with Crippen LogP contribution in [0.2, 0.25) is 5.02 Å². The van der Waals surface area contributed by atoms with Crippen LogP contribution < -0.4 is 5.73 Å². The molecule has 110 valence electrons. The van der Waals surface area contributed by atoms with Crippen LogP contribution in [0, 0.1) is 0 Å². The summed E-state index contributed by atoms with van der Waals surface area (Å²) in [6, 6.07) is 0.964. The van der Waals surface area contributed by atoms with Crippen LogP contribution in [0.25, 0.3) is 11.0 Å². The van der Waals surface area contributed by atoms with Crippen LogP contribution in [0.3, 0.4) is 0 Å². The fourth-order valence-electron chi connectivity index (χ4n) is 2.29. The van der Waals surface area contributed by atoms with Gasteiger partial charge >= 0.3 is 6.18 Å². The molecule has 0 saturated heterocycles. The van der Waals surface area contributed by atoms with Gasteiger partial charge in [-0.2, -0.15) is 13.2 Å². The van der Waals surface area contributed by atoms with E-state index in [2.05, 4.69) is 4.98 Å². The molecule has 0 amide bonds. The average Bonchev–Trinajstić information content (AvgIpc) is 2.71. The van der Waals surface area contributed by atoms with Gasteiger partial charge in [0.1, 0.15) is 5.82 Å². The largest absolute Gasteiger partial charge is 0.418 e. The quantitative estimate of drug-likeness (QED) is 0.834. The molecule has 0 aliphatic rings. The summed E-state index contributed by atoms with van der Waals surface area (Å²) < 4.78 is 40.6. The summed E-state index contributed by atoms with van der Waals surface area (Å²) in [5.74, 6) is 0.777. The van der Waals surface area contributed by atoms with E-state index in [1.54, 1.807) is 4.57 Å². The summed E-state index contributed by atoms with van der Waals surface area (Å²) in [7, 11) is 0. The lowest BCUT2D eigenvalue weighted by Crippen LogP contribution is -2.09. The fraction of sp³-hybridized carbons (Fsp3) is 0.462. The van der Waals surface area contributed by atoms with E-state index < -0.39 is 16.8 Å². The number of hydrogen-bond acceptors (Lipinski definition) is 2. The first-order valence-corrected chi connectivity index (χ1v) is 6.61. The van der Waals surface area contributed by atoms with Crippen molar-refractivity contribution in [3.8, 4) is 0 Å². The number of nitrogen functional groups attached to an aromatic ring is 1. The number of rotatable bonds is 2. The van der Waals surface area contributed by atoms with Crippen molar-refractivity contribution >= 4 is 28.3 Å². The molecule has 2 rings (SSSR count). The molecule has 0 unspecified atom stereocenters. The zero-order valence-electron chi connectivity index (χ0n) is 11.3. The number of aryl methyl sites for hydroxylation is 1. The second kappa shape index (κ2) is 4.84. The SMILES string of the molecule is CCn1c(C(C)C)nc2cc(C(F)(F)F)c(Cl)c(N)c21. The highest BCUT2D eigenvalue weighted by atomic mass is 35.5. The van der Waals surface area contributed by atoms with Gasteiger partial charge < -0.3 is 10.3 Å². The normalized spacial score (nSPS) is 12.6. The minimum atomic E-state index is -4.55. The number of aromatic nitrogens is 2. The molecule has 0 bridgehead atoms. The van der Waals surface area contributed by atoms with Crippen molar-refractivity contribution in [2.75, 3.05) is 5.73 Å². The first kappa shape index (κ1) is 15.0. The minimum absolute atomic E-state index is 0.0715. The Balaban J connectivity index is 2.87. The van der Waals surface area contributed by atoms with Crippen LogP contribution in [-0.2, 0) is 12.7 Å². The molecular formula is C13H15ClF3N3. The van der Waals surface area contributed by atoms with Crippen molar-refractivity contribution in [2.45, 2.75) is 39.4 Å². The summed E-state index contributed by atoms with van der Waals surface area (Å²) in [5, 5.41) is -0.463. The summed E-state index contributed by atoms with van der Waals surface area (Å²) in [5.41, 5.74) is 5.49. The Morgan fingerprint density at radius 3 is 2.45 bits per heavy atom. The van der Waals surface area contributed by atoms with Crippen molar-refractivity contribution in [3.63, 3.8) is 0 Å². The van der Waals surface area contributed by atoms with Gasteiger partial charge in [-0.05, 0) is 13.0 Å². The molecule has 0 atom stereocenters. The topological polar surface area (TPSA) is 43.8 Å². The van der Waals surface area contributed by atoms with Gasteiger partial charge in [0, 0.05) is 12.5 Å². The van der Waals surface area contributed by atoms with Crippen molar-refractivity contribution in [2.24, 2.45) is 0 Å². The summed E-state index contributed by atoms with van der Waals surface area (Å²) in [4.78, 5) is 4.28. The second-order valence-corrected chi connectivity index (χ2v) is 5.26. The molecule has 0 fully saturated rings. The molecule has 2 N–H and O–H groups in total. The second-order valence-electron chi connectivity index (χ2n) is 4.89. The molecule has 0 aliphatic carbocycles. The Morgan fingerprint density at radius 2 is 2.00 bits per heavy atom. The van der Waals surface area contributed by atoms with Gasteiger partial charge in [0.05, 0.1) is 27.3 Å². The van der Waals surface area contributed by atoms with Crippen LogP contribution in [0.15, 0.2) is 6.07 Å². The highest BCUT2D eigenvalue weighted by Crippen LogP contribution is 2.41. The number of fused-ring (bicyclic) bond motifs is 1. The van der Waals surface area contributed by atoms with Gasteiger partial charge in [0.2, 0.25) is 0 Å². The van der Waals surface area contributed by atoms with Crippen molar-refractivity contribution in [1.82, 2.24) is 9.55 Å². The lowest BCUT2D eigenvalue weighted by atomic mass is 10.1. The molecule has 0 radical (unpaired) electrons. The van der Waals surface area contributed by atoms with E-state index in [4.69, 9.17) is 17.3 Å². The number of nitrogens with two attached hydrogens (primary N) is 1. The van der Waals surface area contributed by atoms with Crippen LogP contribution in [0.5, 0.6) is 0 Å². The molecule has 1 aromatic carbocycles. The molecule has 3 nitrogen and oxygen atoms in total. The smallest absolute Gasteiger partial charge is 0.396 e. The number of hydrogen-bond donors (Lipinski definition) is 1. The standard InChI is InChI=1S/C13H15ClF3N3/c1-4-20-11-8(19-12(20)6(2)3)5-7(13(15,16)17)9(14)10(11)18/h5-6H,4,18H2,1-3H3. The molecule has 0 spiro atoms. The number of imidazole rings is 1. The zero-order valence-corrected chi connectivity index (χ0v) is 12.1. The van der Waals surface area contributed by atoms with Gasteiger partial charge in [0.15, 0.2) is 0 Å². The Labute approximate surface area is 119 Å². The van der Waals surface area contributed by atoms with Crippen molar-refractivity contribution in [3.05, 3.63) is 22.5 Å². The highest BCUT2D eigenvalue weighted by Gasteiger charge is 2.35. The molecule has 20 heavy (non-hydrogen) atoms. The molecular weight excluding hydrogens is 291 g/mol. The van der Waals surface area contributed by atoms with Crippen molar-refractivity contribution in [1.29, 1.82) is 0 Å². The van der Waals surface area contributed by atoms with Gasteiger partial charge in [-0.1, -0.05) is 25.4 Å². The maximum absolute atomic E-state index is 12.9. The van der Waals surface area contributed by atoms with Crippen LogP contribution in [-0.4, -0.2) is 9.55 Å². The summed E-state index contributed by atoms with van der Waals surface area (Å²) in [6.45, 7) is 6.31. The molecule has 2 aromatic rings. The Kier molecular flexibility index (Phi) is 3.62. The molecule has 1 heterocycles. The van der Waals surface area contributed by atoms with E-state index in [0.29, 0.717) is 17.9 Å². The average molecular weight is 306 g/mol. The molecule has 0 aliphatic heterocycles. The lowest BCUT2D eigenvalue weighted by molar-refractivity contribution is -0.137. The zero-order chi connectivity index (χ0) is 15.2. The Morgan fingerprint density at radius 1 is 1.40 bits per heavy atom. The van der Waals surface area contributed by atoms with E-state index in [9.17, 15) is 13.2 Å². The maximum Gasteiger partial charge on any atom is 0.418 e. The van der Waals surface area contributed by atoms with Gasteiger partial charge in [-0.15, -0.1) is 0 Å². The fourth-order valence-corrected chi connectivity index (χ4v) is 2.54. The molecule has 1 aromatic heterocycles. The van der Waals surface area contributed by atoms with E-state index in [0.717, 1.165) is 6.07 Å². The predicted molar refractivity (Wildman–Crippen MR) is 73.9 cm³/mol. The monoisotopic (exact) mass is 305 g/mol. The summed E-state index contributed by atoms with van der Waals surface area (Å²) >= 11 is 5.79. The first-order chi connectivity index (χ1) is 9.18.